The number of halogens is 3. The first kappa shape index (κ1) is 16.3. The maximum absolute atomic E-state index is 12.6. The van der Waals surface area contributed by atoms with E-state index in [9.17, 15) is 13.2 Å². The van der Waals surface area contributed by atoms with Crippen molar-refractivity contribution in [2.45, 2.75) is 57.7 Å². The second kappa shape index (κ2) is 6.39. The van der Waals surface area contributed by atoms with Crippen molar-refractivity contribution < 1.29 is 13.2 Å². The van der Waals surface area contributed by atoms with E-state index in [4.69, 9.17) is 0 Å². The third-order valence-electron chi connectivity index (χ3n) is 4.77. The number of aryl methyl sites for hydroxylation is 1. The Morgan fingerprint density at radius 1 is 1.14 bits per heavy atom. The number of hydrogen-bond donors (Lipinski definition) is 1. The lowest BCUT2D eigenvalue weighted by molar-refractivity contribution is -0.137. The van der Waals surface area contributed by atoms with Crippen molar-refractivity contribution in [1.29, 1.82) is 0 Å². The van der Waals surface area contributed by atoms with Crippen LogP contribution in [-0.4, -0.2) is 12.1 Å². The smallest absolute Gasteiger partial charge is 0.311 e. The van der Waals surface area contributed by atoms with Gasteiger partial charge in [-0.2, -0.15) is 13.2 Å². The molecule has 0 saturated carbocycles. The number of nitrogens with one attached hydrogen (secondary N) is 1. The molecule has 1 saturated heterocycles. The quantitative estimate of drug-likeness (QED) is 0.841. The average Bonchev–Trinajstić information content (AvgIpc) is 2.45. The fraction of sp³-hybridized carbons (Fsp3) is 0.647. The van der Waals surface area contributed by atoms with Crippen LogP contribution in [0.3, 0.4) is 0 Å². The van der Waals surface area contributed by atoms with E-state index in [-0.39, 0.29) is 5.54 Å². The fourth-order valence-corrected chi connectivity index (χ4v) is 3.21. The van der Waals surface area contributed by atoms with Gasteiger partial charge >= 0.3 is 6.18 Å². The summed E-state index contributed by atoms with van der Waals surface area (Å²) in [5.74, 6) is 0.534. The van der Waals surface area contributed by atoms with Gasteiger partial charge in [0.05, 0.1) is 5.56 Å². The van der Waals surface area contributed by atoms with Crippen molar-refractivity contribution in [3.63, 3.8) is 0 Å². The molecular formula is C17H24F3N. The first-order valence-corrected chi connectivity index (χ1v) is 7.75. The number of benzene rings is 1. The third-order valence-corrected chi connectivity index (χ3v) is 4.77. The molecule has 1 unspecified atom stereocenters. The predicted octanol–water partition coefficient (Wildman–Crippen LogP) is 4.81. The zero-order valence-electron chi connectivity index (χ0n) is 12.8. The average molecular weight is 299 g/mol. The van der Waals surface area contributed by atoms with E-state index < -0.39 is 11.7 Å². The lowest BCUT2D eigenvalue weighted by atomic mass is 9.75. The second-order valence-electron chi connectivity index (χ2n) is 6.39. The van der Waals surface area contributed by atoms with Gasteiger partial charge in [-0.25, -0.2) is 0 Å². The molecule has 0 radical (unpaired) electrons. The van der Waals surface area contributed by atoms with Crippen molar-refractivity contribution in [1.82, 2.24) is 5.32 Å². The van der Waals surface area contributed by atoms with Crippen LogP contribution >= 0.6 is 0 Å². The van der Waals surface area contributed by atoms with Crippen LogP contribution in [0.5, 0.6) is 0 Å². The van der Waals surface area contributed by atoms with Crippen LogP contribution in [0.1, 0.15) is 50.7 Å². The highest BCUT2D eigenvalue weighted by Crippen LogP contribution is 2.33. The molecule has 0 amide bonds. The Morgan fingerprint density at radius 2 is 1.81 bits per heavy atom. The first-order chi connectivity index (χ1) is 9.83. The first-order valence-electron chi connectivity index (χ1n) is 7.75. The van der Waals surface area contributed by atoms with Gasteiger partial charge in [0.15, 0.2) is 0 Å². The molecule has 0 aliphatic carbocycles. The molecule has 1 fully saturated rings. The van der Waals surface area contributed by atoms with Crippen LogP contribution in [0.15, 0.2) is 24.3 Å². The molecular weight excluding hydrogens is 275 g/mol. The topological polar surface area (TPSA) is 12.0 Å². The molecule has 0 aromatic heterocycles. The van der Waals surface area contributed by atoms with Gasteiger partial charge in [0.2, 0.25) is 0 Å². The molecule has 4 heteroatoms. The zero-order valence-corrected chi connectivity index (χ0v) is 12.8. The fourth-order valence-electron chi connectivity index (χ4n) is 3.21. The predicted molar refractivity (Wildman–Crippen MR) is 79.2 cm³/mol. The monoisotopic (exact) mass is 299 g/mol. The van der Waals surface area contributed by atoms with E-state index in [0.717, 1.165) is 31.4 Å². The summed E-state index contributed by atoms with van der Waals surface area (Å²) in [6, 6.07) is 5.59. The highest BCUT2D eigenvalue weighted by atomic mass is 19.4. The van der Waals surface area contributed by atoms with Gasteiger partial charge in [0.1, 0.15) is 0 Å². The van der Waals surface area contributed by atoms with Crippen LogP contribution in [0, 0.1) is 5.92 Å². The number of hydrogen-bond acceptors (Lipinski definition) is 1. The standard InChI is InChI=1S/C17H24F3N/c1-13(2)16(10-3-4-12-21-16)11-9-14-5-7-15(8-6-14)17(18,19)20/h5-8,13,21H,3-4,9-12H2,1-2H3. The third kappa shape index (κ3) is 4.00. The van der Waals surface area contributed by atoms with Gasteiger partial charge in [0, 0.05) is 5.54 Å². The molecule has 1 aromatic carbocycles. The van der Waals surface area contributed by atoms with Crippen LogP contribution in [0.2, 0.25) is 0 Å². The van der Waals surface area contributed by atoms with E-state index in [0.29, 0.717) is 5.92 Å². The summed E-state index contributed by atoms with van der Waals surface area (Å²) >= 11 is 0. The maximum Gasteiger partial charge on any atom is 0.416 e. The number of rotatable bonds is 4. The number of piperidine rings is 1. The molecule has 1 heterocycles. The second-order valence-corrected chi connectivity index (χ2v) is 6.39. The minimum atomic E-state index is -4.25. The van der Waals surface area contributed by atoms with Gasteiger partial charge in [0.25, 0.3) is 0 Å². The Balaban J connectivity index is 2.01. The maximum atomic E-state index is 12.6. The summed E-state index contributed by atoms with van der Waals surface area (Å²) < 4.78 is 37.7. The SMILES string of the molecule is CC(C)C1(CCc2ccc(C(F)(F)F)cc2)CCCCN1. The largest absolute Gasteiger partial charge is 0.416 e. The lowest BCUT2D eigenvalue weighted by Gasteiger charge is -2.42. The van der Waals surface area contributed by atoms with E-state index in [1.807, 2.05) is 0 Å². The number of alkyl halides is 3. The van der Waals surface area contributed by atoms with Gasteiger partial charge in [-0.3, -0.25) is 0 Å². The Bertz CT molecular complexity index is 442. The highest BCUT2D eigenvalue weighted by molar-refractivity contribution is 5.25. The molecule has 0 spiro atoms. The van der Waals surface area contributed by atoms with E-state index in [1.54, 1.807) is 12.1 Å². The summed E-state index contributed by atoms with van der Waals surface area (Å²) in [5, 5.41) is 3.66. The van der Waals surface area contributed by atoms with Gasteiger partial charge in [-0.05, 0) is 55.8 Å². The Hall–Kier alpha value is -1.03. The Labute approximate surface area is 124 Å². The van der Waals surface area contributed by atoms with E-state index >= 15 is 0 Å². The summed E-state index contributed by atoms with van der Waals surface area (Å²) in [4.78, 5) is 0. The lowest BCUT2D eigenvalue weighted by Crippen LogP contribution is -2.52. The highest BCUT2D eigenvalue weighted by Gasteiger charge is 2.34. The van der Waals surface area contributed by atoms with Crippen molar-refractivity contribution in [3.8, 4) is 0 Å². The van der Waals surface area contributed by atoms with Crippen LogP contribution in [0.25, 0.3) is 0 Å². The Morgan fingerprint density at radius 3 is 2.29 bits per heavy atom. The van der Waals surface area contributed by atoms with Crippen molar-refractivity contribution in [2.75, 3.05) is 6.54 Å². The minimum Gasteiger partial charge on any atom is -0.311 e. The molecule has 1 N–H and O–H groups in total. The molecule has 1 atom stereocenters. The van der Waals surface area contributed by atoms with Gasteiger partial charge < -0.3 is 5.32 Å². The van der Waals surface area contributed by atoms with E-state index in [1.165, 1.54) is 25.0 Å². The minimum absolute atomic E-state index is 0.140. The normalized spacial score (nSPS) is 23.5. The van der Waals surface area contributed by atoms with Gasteiger partial charge in [-0.15, -0.1) is 0 Å². The van der Waals surface area contributed by atoms with Gasteiger partial charge in [-0.1, -0.05) is 32.4 Å². The summed E-state index contributed by atoms with van der Waals surface area (Å²) in [5.41, 5.74) is 0.553. The molecule has 1 nitrogen and oxygen atoms in total. The van der Waals surface area contributed by atoms with Crippen LogP contribution in [-0.2, 0) is 12.6 Å². The molecule has 1 aliphatic heterocycles. The van der Waals surface area contributed by atoms with Crippen LogP contribution < -0.4 is 5.32 Å². The van der Waals surface area contributed by atoms with Crippen molar-refractivity contribution in [2.24, 2.45) is 5.92 Å². The van der Waals surface area contributed by atoms with E-state index in [2.05, 4.69) is 19.2 Å². The molecule has 0 bridgehead atoms. The molecule has 2 rings (SSSR count). The molecule has 1 aromatic rings. The zero-order chi connectivity index (χ0) is 15.5. The van der Waals surface area contributed by atoms with Crippen molar-refractivity contribution >= 4 is 0 Å². The summed E-state index contributed by atoms with van der Waals surface area (Å²) in [6.45, 7) is 5.50. The summed E-state index contributed by atoms with van der Waals surface area (Å²) in [6.07, 6.45) is 1.17. The summed E-state index contributed by atoms with van der Waals surface area (Å²) in [7, 11) is 0. The van der Waals surface area contributed by atoms with Crippen molar-refractivity contribution in [3.05, 3.63) is 35.4 Å². The van der Waals surface area contributed by atoms with Crippen LogP contribution in [0.4, 0.5) is 13.2 Å². The molecule has 1 aliphatic rings. The molecule has 21 heavy (non-hydrogen) atoms. The Kier molecular flexibility index (Phi) is 4.97. The molecule has 118 valence electrons.